The van der Waals surface area contributed by atoms with Crippen molar-refractivity contribution in [1.29, 1.82) is 0 Å². The summed E-state index contributed by atoms with van der Waals surface area (Å²) in [4.78, 5) is 26.1. The third-order valence-corrected chi connectivity index (χ3v) is 5.51. The molecule has 0 radical (unpaired) electrons. The van der Waals surface area contributed by atoms with E-state index in [1.807, 2.05) is 19.2 Å². The van der Waals surface area contributed by atoms with Crippen LogP contribution in [-0.4, -0.2) is 44.4 Å². The molecule has 9 heteroatoms. The van der Waals surface area contributed by atoms with E-state index in [2.05, 4.69) is 15.6 Å². The normalized spacial score (nSPS) is 10.2. The van der Waals surface area contributed by atoms with Crippen molar-refractivity contribution in [2.24, 2.45) is 0 Å². The van der Waals surface area contributed by atoms with Crippen molar-refractivity contribution in [3.63, 3.8) is 0 Å². The molecule has 7 nitrogen and oxygen atoms in total. The van der Waals surface area contributed by atoms with Gasteiger partial charge in [-0.25, -0.2) is 9.59 Å². The number of ether oxygens (including phenoxy) is 3. The molecule has 0 unspecified atom stereocenters. The number of esters is 2. The second-order valence-corrected chi connectivity index (χ2v) is 7.39. The summed E-state index contributed by atoms with van der Waals surface area (Å²) in [6.45, 7) is 3.23. The summed E-state index contributed by atoms with van der Waals surface area (Å²) in [5, 5.41) is 1.40. The van der Waals surface area contributed by atoms with Gasteiger partial charge in [0, 0.05) is 23.9 Å². The van der Waals surface area contributed by atoms with Gasteiger partial charge in [-0.15, -0.1) is 6.42 Å². The maximum atomic E-state index is 11.7. The number of nitrogens with one attached hydrogen (secondary N) is 1. The Balaban J connectivity index is 0.000000245. The van der Waals surface area contributed by atoms with Crippen molar-refractivity contribution < 1.29 is 23.8 Å². The average Bonchev–Trinajstić information content (AvgIpc) is 3.31. The molecule has 0 saturated heterocycles. The molecule has 0 fully saturated rings. The molecule has 3 N–H and O–H groups in total. The number of terminal acetylenes is 1. The summed E-state index contributed by atoms with van der Waals surface area (Å²) >= 11 is 12.1. The van der Waals surface area contributed by atoms with Crippen LogP contribution in [0.4, 0.5) is 5.69 Å². The van der Waals surface area contributed by atoms with Crippen LogP contribution < -0.4 is 5.73 Å². The molecule has 2 aromatic carbocycles. The van der Waals surface area contributed by atoms with Gasteiger partial charge in [0.2, 0.25) is 0 Å². The minimum absolute atomic E-state index is 0.152. The zero-order valence-corrected chi connectivity index (χ0v) is 20.0. The number of halogens is 2. The molecule has 0 atom stereocenters. The summed E-state index contributed by atoms with van der Waals surface area (Å²) in [6.07, 6.45) is 7.72. The Morgan fingerprint density at radius 1 is 1.09 bits per heavy atom. The van der Waals surface area contributed by atoms with Crippen LogP contribution >= 0.6 is 23.2 Å². The topological polar surface area (TPSA) is 104 Å². The van der Waals surface area contributed by atoms with Gasteiger partial charge in [0.05, 0.1) is 53.1 Å². The van der Waals surface area contributed by atoms with Gasteiger partial charge in [-0.3, -0.25) is 0 Å². The first-order chi connectivity index (χ1) is 15.8. The Morgan fingerprint density at radius 3 is 2.36 bits per heavy atom. The Morgan fingerprint density at radius 2 is 1.76 bits per heavy atom. The van der Waals surface area contributed by atoms with Crippen molar-refractivity contribution in [2.45, 2.75) is 13.3 Å². The summed E-state index contributed by atoms with van der Waals surface area (Å²) < 4.78 is 14.6. The predicted octanol–water partition coefficient (Wildman–Crippen LogP) is 4.88. The quantitative estimate of drug-likeness (QED) is 0.221. The zero-order valence-electron chi connectivity index (χ0n) is 18.5. The van der Waals surface area contributed by atoms with Crippen LogP contribution in [0.2, 0.25) is 10.0 Å². The highest BCUT2D eigenvalue weighted by atomic mass is 35.5. The van der Waals surface area contributed by atoms with Crippen molar-refractivity contribution in [3.8, 4) is 12.3 Å². The average molecular weight is 491 g/mol. The number of nitrogen functional groups attached to an aromatic ring is 1. The maximum Gasteiger partial charge on any atom is 0.339 e. The zero-order chi connectivity index (χ0) is 24.5. The van der Waals surface area contributed by atoms with Crippen LogP contribution in [0.3, 0.4) is 0 Å². The molecular formula is C24H24Cl2N2O5. The van der Waals surface area contributed by atoms with Gasteiger partial charge in [-0.1, -0.05) is 29.1 Å². The van der Waals surface area contributed by atoms with Crippen LogP contribution in [0.15, 0.2) is 30.5 Å². The summed E-state index contributed by atoms with van der Waals surface area (Å²) in [6, 6.07) is 6.62. The monoisotopic (exact) mass is 490 g/mol. The van der Waals surface area contributed by atoms with Crippen molar-refractivity contribution >= 4 is 51.7 Å². The SMILES string of the molecule is C#Cc1c(N)ccc(C(=O)OC)c1Cl.CCOCCc1cc(C(=O)OC)c(Cl)c2cc[nH]c12. The standard InChI is InChI=1S/C14H16ClNO3.C10H8ClNO2/c1-3-19-7-5-9-8-11(14(17)18-2)12(15)10-4-6-16-13(9)10;1-3-6-8(12)5-4-7(9(6)11)10(13)14-2/h4,6,8,16H,3,5,7H2,1-2H3;1,4-5H,12H2,2H3. The Bertz CT molecular complexity index is 1200. The first-order valence-electron chi connectivity index (χ1n) is 9.88. The number of rotatable bonds is 6. The fraction of sp³-hybridized carbons (Fsp3) is 0.250. The van der Waals surface area contributed by atoms with Gasteiger partial charge in [0.1, 0.15) is 0 Å². The lowest BCUT2D eigenvalue weighted by Crippen LogP contribution is -2.05. The van der Waals surface area contributed by atoms with E-state index in [4.69, 9.17) is 44.8 Å². The third-order valence-electron chi connectivity index (χ3n) is 4.71. The van der Waals surface area contributed by atoms with E-state index in [0.29, 0.717) is 41.5 Å². The lowest BCUT2D eigenvalue weighted by atomic mass is 10.0. The number of aromatic amines is 1. The third kappa shape index (κ3) is 5.99. The number of benzene rings is 2. The molecule has 0 aliphatic carbocycles. The number of carbonyl (C=O) groups excluding carboxylic acids is 2. The van der Waals surface area contributed by atoms with E-state index in [1.165, 1.54) is 26.4 Å². The number of hydrogen-bond acceptors (Lipinski definition) is 6. The first kappa shape index (κ1) is 26.1. The van der Waals surface area contributed by atoms with Crippen molar-refractivity contribution in [2.75, 3.05) is 33.2 Å². The van der Waals surface area contributed by atoms with Crippen LogP contribution in [-0.2, 0) is 20.6 Å². The summed E-state index contributed by atoms with van der Waals surface area (Å²) in [7, 11) is 2.62. The molecule has 0 aliphatic heterocycles. The van der Waals surface area contributed by atoms with Crippen LogP contribution in [0.1, 0.15) is 38.8 Å². The summed E-state index contributed by atoms with van der Waals surface area (Å²) in [5.41, 5.74) is 8.79. The van der Waals surface area contributed by atoms with E-state index >= 15 is 0 Å². The maximum absolute atomic E-state index is 11.7. The molecule has 0 bridgehead atoms. The second kappa shape index (κ2) is 12.2. The van der Waals surface area contributed by atoms with Crippen molar-refractivity contribution in [3.05, 3.63) is 62.8 Å². The van der Waals surface area contributed by atoms with Crippen LogP contribution in [0.25, 0.3) is 10.9 Å². The molecule has 0 saturated carbocycles. The predicted molar refractivity (Wildman–Crippen MR) is 130 cm³/mol. The highest BCUT2D eigenvalue weighted by Gasteiger charge is 2.17. The molecule has 0 spiro atoms. The number of H-pyrrole nitrogens is 1. The number of nitrogens with two attached hydrogens (primary N) is 1. The number of hydrogen-bond donors (Lipinski definition) is 2. The lowest BCUT2D eigenvalue weighted by Gasteiger charge is -2.09. The first-order valence-corrected chi connectivity index (χ1v) is 10.6. The summed E-state index contributed by atoms with van der Waals surface area (Å²) in [5.74, 6) is 1.36. The minimum Gasteiger partial charge on any atom is -0.465 e. The molecule has 174 valence electrons. The number of aromatic nitrogens is 1. The van der Waals surface area contributed by atoms with Crippen molar-refractivity contribution in [1.82, 2.24) is 4.98 Å². The van der Waals surface area contributed by atoms with Gasteiger partial charge >= 0.3 is 11.9 Å². The van der Waals surface area contributed by atoms with Gasteiger partial charge in [0.25, 0.3) is 0 Å². The second-order valence-electron chi connectivity index (χ2n) is 6.63. The van der Waals surface area contributed by atoms with E-state index in [-0.39, 0.29) is 10.6 Å². The largest absolute Gasteiger partial charge is 0.465 e. The number of carbonyl (C=O) groups is 2. The van der Waals surface area contributed by atoms with Crippen LogP contribution in [0, 0.1) is 12.3 Å². The molecular weight excluding hydrogens is 467 g/mol. The van der Waals surface area contributed by atoms with Crippen LogP contribution in [0.5, 0.6) is 0 Å². The van der Waals surface area contributed by atoms with Gasteiger partial charge < -0.3 is 24.9 Å². The molecule has 3 aromatic rings. The Hall–Kier alpha value is -3.18. The van der Waals surface area contributed by atoms with E-state index < -0.39 is 11.9 Å². The van der Waals surface area contributed by atoms with Gasteiger partial charge in [-0.2, -0.15) is 0 Å². The van der Waals surface area contributed by atoms with E-state index in [9.17, 15) is 9.59 Å². The molecule has 0 aliphatic rings. The number of fused-ring (bicyclic) bond motifs is 1. The van der Waals surface area contributed by atoms with Gasteiger partial charge in [0.15, 0.2) is 0 Å². The van der Waals surface area contributed by atoms with E-state index in [1.54, 1.807) is 6.07 Å². The number of anilines is 1. The molecule has 0 amide bonds. The fourth-order valence-corrected chi connectivity index (χ4v) is 3.65. The smallest absolute Gasteiger partial charge is 0.339 e. The Labute approximate surface area is 202 Å². The Kier molecular flexibility index (Phi) is 9.61. The van der Waals surface area contributed by atoms with E-state index in [0.717, 1.165) is 16.5 Å². The molecule has 1 aromatic heterocycles. The highest BCUT2D eigenvalue weighted by Crippen LogP contribution is 2.30. The minimum atomic E-state index is -0.536. The lowest BCUT2D eigenvalue weighted by molar-refractivity contribution is 0.0592. The molecule has 3 rings (SSSR count). The van der Waals surface area contributed by atoms with Gasteiger partial charge in [-0.05, 0) is 43.2 Å². The highest BCUT2D eigenvalue weighted by molar-refractivity contribution is 6.38. The molecule has 1 heterocycles. The molecule has 33 heavy (non-hydrogen) atoms. The number of methoxy groups -OCH3 is 2. The fourth-order valence-electron chi connectivity index (χ4n) is 3.06.